The minimum Gasteiger partial charge on any atom is -0.207 e. The van der Waals surface area contributed by atoms with Gasteiger partial charge in [-0.15, -0.1) is 0 Å². The summed E-state index contributed by atoms with van der Waals surface area (Å²) in [5, 5.41) is 0.674. The Morgan fingerprint density at radius 2 is 2.07 bits per heavy atom. The molecule has 0 atom stereocenters. The van der Waals surface area contributed by atoms with Crippen molar-refractivity contribution in [1.29, 1.82) is 0 Å². The van der Waals surface area contributed by atoms with Crippen LogP contribution < -0.4 is 0 Å². The number of hydrogen-bond acceptors (Lipinski definition) is 0. The first-order valence-electron chi connectivity index (χ1n) is 5.11. The molecule has 1 aromatic carbocycles. The van der Waals surface area contributed by atoms with Gasteiger partial charge < -0.3 is 0 Å². The molecule has 2 heteroatoms. The Morgan fingerprint density at radius 1 is 1.36 bits per heavy atom. The highest BCUT2D eigenvalue weighted by Gasteiger charge is 2.21. The van der Waals surface area contributed by atoms with E-state index in [2.05, 4.69) is 0 Å². The highest BCUT2D eigenvalue weighted by molar-refractivity contribution is 6.32. The Balaban J connectivity index is 2.62. The smallest absolute Gasteiger partial charge is 0.128 e. The van der Waals surface area contributed by atoms with E-state index in [0.717, 1.165) is 24.8 Å². The molecular weight excluding hydrogens is 199 g/mol. The zero-order valence-corrected chi connectivity index (χ0v) is 9.29. The predicted molar refractivity (Wildman–Crippen MR) is 57.5 cm³/mol. The van der Waals surface area contributed by atoms with Gasteiger partial charge in [-0.25, -0.2) is 4.39 Å². The van der Waals surface area contributed by atoms with Crippen LogP contribution in [0.3, 0.4) is 0 Å². The topological polar surface area (TPSA) is 0 Å². The molecule has 1 aliphatic carbocycles. The molecule has 1 aliphatic rings. The van der Waals surface area contributed by atoms with Gasteiger partial charge in [-0.3, -0.25) is 0 Å². The fourth-order valence-corrected chi connectivity index (χ4v) is 2.73. The average Bonchev–Trinajstić information content (AvgIpc) is 2.50. The minimum absolute atomic E-state index is 0.134. The van der Waals surface area contributed by atoms with E-state index in [1.807, 2.05) is 13.8 Å². The summed E-state index contributed by atoms with van der Waals surface area (Å²) in [4.78, 5) is 0. The number of rotatable bonds is 1. The largest absolute Gasteiger partial charge is 0.207 e. The maximum atomic E-state index is 13.7. The third-order valence-corrected chi connectivity index (χ3v) is 3.33. The molecule has 0 fully saturated rings. The van der Waals surface area contributed by atoms with Crippen LogP contribution in [-0.4, -0.2) is 0 Å². The molecule has 0 unspecified atom stereocenters. The SMILES string of the molecule is CC(C)c1c(F)cc2c(c1Cl)CCC2. The molecule has 0 radical (unpaired) electrons. The minimum atomic E-state index is -0.134. The predicted octanol–water partition coefficient (Wildman–Crippen LogP) is 4.09. The van der Waals surface area contributed by atoms with Crippen molar-refractivity contribution in [2.24, 2.45) is 0 Å². The Morgan fingerprint density at radius 3 is 2.71 bits per heavy atom. The lowest BCUT2D eigenvalue weighted by atomic mass is 9.97. The van der Waals surface area contributed by atoms with E-state index in [4.69, 9.17) is 11.6 Å². The van der Waals surface area contributed by atoms with Crippen molar-refractivity contribution >= 4 is 11.6 Å². The van der Waals surface area contributed by atoms with Crippen LogP contribution in [0.2, 0.25) is 5.02 Å². The molecule has 0 aromatic heterocycles. The molecule has 2 rings (SSSR count). The molecule has 0 N–H and O–H groups in total. The van der Waals surface area contributed by atoms with Gasteiger partial charge in [-0.1, -0.05) is 25.4 Å². The Hall–Kier alpha value is -0.560. The normalized spacial score (nSPS) is 14.9. The van der Waals surface area contributed by atoms with E-state index in [-0.39, 0.29) is 11.7 Å². The Bertz CT molecular complexity index is 369. The van der Waals surface area contributed by atoms with Crippen LogP contribution in [0.1, 0.15) is 42.9 Å². The van der Waals surface area contributed by atoms with Crippen molar-refractivity contribution < 1.29 is 4.39 Å². The second kappa shape index (κ2) is 3.54. The van der Waals surface area contributed by atoms with E-state index in [1.54, 1.807) is 6.07 Å². The van der Waals surface area contributed by atoms with Gasteiger partial charge in [0.25, 0.3) is 0 Å². The van der Waals surface area contributed by atoms with Crippen molar-refractivity contribution in [3.05, 3.63) is 33.6 Å². The van der Waals surface area contributed by atoms with Gasteiger partial charge in [0.05, 0.1) is 5.02 Å². The molecule has 1 aromatic rings. The van der Waals surface area contributed by atoms with E-state index in [0.29, 0.717) is 10.6 Å². The molecule has 0 bridgehead atoms. The van der Waals surface area contributed by atoms with E-state index in [9.17, 15) is 4.39 Å². The molecule has 0 heterocycles. The van der Waals surface area contributed by atoms with Crippen molar-refractivity contribution in [3.63, 3.8) is 0 Å². The second-order valence-electron chi connectivity index (χ2n) is 4.23. The van der Waals surface area contributed by atoms with Crippen molar-refractivity contribution in [2.45, 2.75) is 39.0 Å². The summed E-state index contributed by atoms with van der Waals surface area (Å²) in [6.45, 7) is 3.96. The number of hydrogen-bond donors (Lipinski definition) is 0. The van der Waals surface area contributed by atoms with E-state index in [1.165, 1.54) is 5.56 Å². The van der Waals surface area contributed by atoms with Gasteiger partial charge in [0, 0.05) is 5.56 Å². The van der Waals surface area contributed by atoms with Gasteiger partial charge in [0.15, 0.2) is 0 Å². The van der Waals surface area contributed by atoms with Crippen LogP contribution in [0, 0.1) is 5.82 Å². The molecule has 0 saturated heterocycles. The third-order valence-electron chi connectivity index (χ3n) is 2.90. The maximum absolute atomic E-state index is 13.7. The summed E-state index contributed by atoms with van der Waals surface area (Å²) in [6, 6.07) is 1.67. The molecule has 76 valence electrons. The third kappa shape index (κ3) is 1.44. The molecule has 0 spiro atoms. The van der Waals surface area contributed by atoms with Gasteiger partial charge in [-0.2, -0.15) is 0 Å². The Kier molecular flexibility index (Phi) is 2.52. The van der Waals surface area contributed by atoms with Crippen molar-refractivity contribution in [2.75, 3.05) is 0 Å². The second-order valence-corrected chi connectivity index (χ2v) is 4.61. The summed E-state index contributed by atoms with van der Waals surface area (Å²) in [6.07, 6.45) is 3.09. The average molecular weight is 213 g/mol. The molecule has 14 heavy (non-hydrogen) atoms. The van der Waals surface area contributed by atoms with Crippen LogP contribution in [0.5, 0.6) is 0 Å². The molecule has 0 amide bonds. The van der Waals surface area contributed by atoms with E-state index >= 15 is 0 Å². The van der Waals surface area contributed by atoms with Gasteiger partial charge in [0.1, 0.15) is 5.82 Å². The lowest BCUT2D eigenvalue weighted by molar-refractivity contribution is 0.596. The summed E-state index contributed by atoms with van der Waals surface area (Å²) in [7, 11) is 0. The van der Waals surface area contributed by atoms with Crippen molar-refractivity contribution in [3.8, 4) is 0 Å². The van der Waals surface area contributed by atoms with Crippen LogP contribution in [0.15, 0.2) is 6.07 Å². The van der Waals surface area contributed by atoms with Crippen molar-refractivity contribution in [1.82, 2.24) is 0 Å². The highest BCUT2D eigenvalue weighted by Crippen LogP contribution is 2.36. The lowest BCUT2D eigenvalue weighted by Crippen LogP contribution is -1.99. The summed E-state index contributed by atoms with van der Waals surface area (Å²) < 4.78 is 13.7. The number of aryl methyl sites for hydroxylation is 1. The number of halogens is 2. The lowest BCUT2D eigenvalue weighted by Gasteiger charge is -2.13. The van der Waals surface area contributed by atoms with Crippen LogP contribution >= 0.6 is 11.6 Å². The quantitative estimate of drug-likeness (QED) is 0.658. The maximum Gasteiger partial charge on any atom is 0.128 e. The van der Waals surface area contributed by atoms with Crippen LogP contribution in [0.4, 0.5) is 4.39 Å². The van der Waals surface area contributed by atoms with Gasteiger partial charge >= 0.3 is 0 Å². The summed E-state index contributed by atoms with van der Waals surface area (Å²) in [5.41, 5.74) is 2.97. The number of fused-ring (bicyclic) bond motifs is 1. The van der Waals surface area contributed by atoms with Gasteiger partial charge in [0.2, 0.25) is 0 Å². The molecular formula is C12H14ClF. The monoisotopic (exact) mass is 212 g/mol. The Labute approximate surface area is 89.1 Å². The highest BCUT2D eigenvalue weighted by atomic mass is 35.5. The zero-order valence-electron chi connectivity index (χ0n) is 8.53. The molecule has 0 saturated carbocycles. The van der Waals surface area contributed by atoms with E-state index < -0.39 is 0 Å². The summed E-state index contributed by atoms with van der Waals surface area (Å²) in [5.74, 6) is 0.0269. The number of benzene rings is 1. The fraction of sp³-hybridized carbons (Fsp3) is 0.500. The van der Waals surface area contributed by atoms with Crippen LogP contribution in [0.25, 0.3) is 0 Å². The zero-order chi connectivity index (χ0) is 10.3. The van der Waals surface area contributed by atoms with Crippen LogP contribution in [-0.2, 0) is 12.8 Å². The summed E-state index contributed by atoms with van der Waals surface area (Å²) >= 11 is 6.21. The first-order chi connectivity index (χ1) is 6.61. The first kappa shape index (κ1) is 9.97. The van der Waals surface area contributed by atoms with Gasteiger partial charge in [-0.05, 0) is 42.4 Å². The standard InChI is InChI=1S/C12H14ClF/c1-7(2)11-10(14)6-8-4-3-5-9(8)12(11)13/h6-7H,3-5H2,1-2H3. The fourth-order valence-electron chi connectivity index (χ4n) is 2.20. The molecule has 0 nitrogen and oxygen atoms in total. The molecule has 0 aliphatic heterocycles. The first-order valence-corrected chi connectivity index (χ1v) is 5.48.